The molecule has 142 valence electrons. The summed E-state index contributed by atoms with van der Waals surface area (Å²) in [5, 5.41) is 2.01. The Morgan fingerprint density at radius 1 is 1.41 bits per heavy atom. The molecule has 0 saturated carbocycles. The number of hydrogen-bond acceptors (Lipinski definition) is 4. The Kier molecular flexibility index (Phi) is 3.99. The largest absolute Gasteiger partial charge is 0.497 e. The zero-order valence-electron chi connectivity index (χ0n) is 15.5. The number of carbonyl (C=O) groups excluding carboxylic acids is 1. The predicted molar refractivity (Wildman–Crippen MR) is 104 cm³/mol. The van der Waals surface area contributed by atoms with Gasteiger partial charge in [0.25, 0.3) is 0 Å². The SMILES string of the molecule is COC(=O)C1=CO[C@@H](C)[C@H]2CN3CCc4c([nH]c5cc(Cl)ccc45)[C@@H]3C[C@H]12. The van der Waals surface area contributed by atoms with E-state index in [1.807, 2.05) is 12.1 Å². The van der Waals surface area contributed by atoms with E-state index >= 15 is 0 Å². The number of ether oxygens (including phenoxy) is 2. The fourth-order valence-corrected chi connectivity index (χ4v) is 5.39. The summed E-state index contributed by atoms with van der Waals surface area (Å²) in [5.74, 6) is 0.189. The molecule has 0 unspecified atom stereocenters. The first-order chi connectivity index (χ1) is 13.1. The van der Waals surface area contributed by atoms with Gasteiger partial charge in [-0.15, -0.1) is 0 Å². The number of carbonyl (C=O) groups is 1. The van der Waals surface area contributed by atoms with E-state index < -0.39 is 0 Å². The minimum atomic E-state index is -0.273. The van der Waals surface area contributed by atoms with Crippen LogP contribution in [0.2, 0.25) is 5.02 Å². The lowest BCUT2D eigenvalue weighted by atomic mass is 9.72. The molecule has 3 aliphatic rings. The maximum absolute atomic E-state index is 12.3. The lowest BCUT2D eigenvalue weighted by molar-refractivity contribution is -0.139. The van der Waals surface area contributed by atoms with Crippen LogP contribution in [0.25, 0.3) is 10.9 Å². The van der Waals surface area contributed by atoms with Gasteiger partial charge in [0.05, 0.1) is 31.1 Å². The minimum absolute atomic E-state index is 0.104. The van der Waals surface area contributed by atoms with Crippen molar-refractivity contribution in [2.45, 2.75) is 31.9 Å². The maximum atomic E-state index is 12.3. The van der Waals surface area contributed by atoms with Crippen molar-refractivity contribution in [1.29, 1.82) is 0 Å². The first kappa shape index (κ1) is 17.1. The van der Waals surface area contributed by atoms with Crippen LogP contribution in [-0.4, -0.2) is 42.2 Å². The van der Waals surface area contributed by atoms with E-state index in [0.29, 0.717) is 11.5 Å². The van der Waals surface area contributed by atoms with Gasteiger partial charge in [-0.05, 0) is 37.5 Å². The van der Waals surface area contributed by atoms with Crippen molar-refractivity contribution in [2.75, 3.05) is 20.2 Å². The third kappa shape index (κ3) is 2.59. The van der Waals surface area contributed by atoms with Crippen LogP contribution in [-0.2, 0) is 20.7 Å². The predicted octanol–water partition coefficient (Wildman–Crippen LogP) is 3.83. The summed E-state index contributed by atoms with van der Waals surface area (Å²) in [5.41, 5.74) is 4.44. The van der Waals surface area contributed by atoms with Gasteiger partial charge in [-0.2, -0.15) is 0 Å². The number of hydrogen-bond donors (Lipinski definition) is 1. The molecule has 4 atom stereocenters. The maximum Gasteiger partial charge on any atom is 0.337 e. The number of H-pyrrole nitrogens is 1. The zero-order chi connectivity index (χ0) is 18.7. The van der Waals surface area contributed by atoms with Crippen LogP contribution in [0.15, 0.2) is 30.0 Å². The summed E-state index contributed by atoms with van der Waals surface area (Å²) in [7, 11) is 1.44. The van der Waals surface area contributed by atoms with Crippen LogP contribution >= 0.6 is 11.6 Å². The molecule has 0 radical (unpaired) electrons. The first-order valence-corrected chi connectivity index (χ1v) is 9.92. The van der Waals surface area contributed by atoms with Gasteiger partial charge in [0.2, 0.25) is 0 Å². The lowest BCUT2D eigenvalue weighted by Crippen LogP contribution is -2.51. The molecule has 1 saturated heterocycles. The molecule has 0 amide bonds. The lowest BCUT2D eigenvalue weighted by Gasteiger charge is -2.49. The number of methoxy groups -OCH3 is 1. The number of benzene rings is 1. The molecule has 2 aromatic rings. The third-order valence-electron chi connectivity index (χ3n) is 6.60. The highest BCUT2D eigenvalue weighted by Gasteiger charge is 2.46. The van der Waals surface area contributed by atoms with Crippen LogP contribution in [0.4, 0.5) is 0 Å². The summed E-state index contributed by atoms with van der Waals surface area (Å²) in [6.45, 7) is 4.06. The van der Waals surface area contributed by atoms with Crippen molar-refractivity contribution in [3.05, 3.63) is 46.3 Å². The monoisotopic (exact) mass is 386 g/mol. The first-order valence-electron chi connectivity index (χ1n) is 9.54. The molecule has 4 heterocycles. The molecule has 6 heteroatoms. The molecular formula is C21H23ClN2O3. The van der Waals surface area contributed by atoms with Gasteiger partial charge in [-0.3, -0.25) is 4.90 Å². The number of aromatic amines is 1. The van der Waals surface area contributed by atoms with E-state index in [1.165, 1.54) is 23.8 Å². The van der Waals surface area contributed by atoms with Crippen molar-refractivity contribution >= 4 is 28.5 Å². The summed E-state index contributed by atoms with van der Waals surface area (Å²) < 4.78 is 10.8. The number of rotatable bonds is 1. The molecule has 3 aliphatic heterocycles. The number of fused-ring (bicyclic) bond motifs is 6. The van der Waals surface area contributed by atoms with Crippen LogP contribution in [0.1, 0.15) is 30.6 Å². The van der Waals surface area contributed by atoms with Gasteiger partial charge in [0, 0.05) is 46.5 Å². The third-order valence-corrected chi connectivity index (χ3v) is 6.83. The van der Waals surface area contributed by atoms with Gasteiger partial charge in [0.1, 0.15) is 0 Å². The Labute approximate surface area is 163 Å². The molecule has 5 rings (SSSR count). The van der Waals surface area contributed by atoms with E-state index in [4.69, 9.17) is 21.1 Å². The second-order valence-electron chi connectivity index (χ2n) is 7.88. The average molecular weight is 387 g/mol. The summed E-state index contributed by atoms with van der Waals surface area (Å²) >= 11 is 6.19. The molecule has 1 fully saturated rings. The van der Waals surface area contributed by atoms with Crippen LogP contribution in [0.3, 0.4) is 0 Å². The van der Waals surface area contributed by atoms with Gasteiger partial charge < -0.3 is 14.5 Å². The van der Waals surface area contributed by atoms with E-state index in [9.17, 15) is 4.79 Å². The van der Waals surface area contributed by atoms with Crippen LogP contribution < -0.4 is 0 Å². The zero-order valence-corrected chi connectivity index (χ0v) is 16.3. The highest BCUT2D eigenvalue weighted by Crippen LogP contribution is 2.47. The molecule has 0 aliphatic carbocycles. The molecule has 27 heavy (non-hydrogen) atoms. The molecule has 5 nitrogen and oxygen atoms in total. The Morgan fingerprint density at radius 2 is 2.26 bits per heavy atom. The standard InChI is InChI=1S/C21H23ClN2O3/c1-11-16-9-24-6-5-14-13-4-3-12(22)7-18(13)23-20(14)19(24)8-15(16)17(10-27-11)21(25)26-2/h3-4,7,10-11,15-16,19,23H,5-6,8-9H2,1-2H3/t11-,15-,16+,19-/m0/s1. The fraction of sp³-hybridized carbons (Fsp3) is 0.476. The average Bonchev–Trinajstić information content (AvgIpc) is 3.04. The Bertz CT molecular complexity index is 950. The topological polar surface area (TPSA) is 54.6 Å². The van der Waals surface area contributed by atoms with E-state index in [1.54, 1.807) is 6.26 Å². The second kappa shape index (κ2) is 6.28. The van der Waals surface area contributed by atoms with E-state index in [-0.39, 0.29) is 24.0 Å². The highest BCUT2D eigenvalue weighted by molar-refractivity contribution is 6.31. The van der Waals surface area contributed by atoms with Crippen molar-refractivity contribution in [2.24, 2.45) is 11.8 Å². The second-order valence-corrected chi connectivity index (χ2v) is 8.32. The van der Waals surface area contributed by atoms with E-state index in [2.05, 4.69) is 22.9 Å². The van der Waals surface area contributed by atoms with Crippen molar-refractivity contribution in [3.63, 3.8) is 0 Å². The number of nitrogens with one attached hydrogen (secondary N) is 1. The quantitative estimate of drug-likeness (QED) is 0.757. The van der Waals surface area contributed by atoms with Gasteiger partial charge in [-0.25, -0.2) is 4.79 Å². The molecule has 1 aromatic heterocycles. The summed E-state index contributed by atoms with van der Waals surface area (Å²) in [6, 6.07) is 6.35. The Hall–Kier alpha value is -1.98. The molecule has 1 N–H and O–H groups in total. The summed E-state index contributed by atoms with van der Waals surface area (Å²) in [6.07, 6.45) is 3.65. The number of esters is 1. The van der Waals surface area contributed by atoms with Gasteiger partial charge in [-0.1, -0.05) is 17.7 Å². The normalized spacial score (nSPS) is 30.0. The van der Waals surface area contributed by atoms with Crippen molar-refractivity contribution in [1.82, 2.24) is 9.88 Å². The van der Waals surface area contributed by atoms with E-state index in [0.717, 1.165) is 36.5 Å². The van der Waals surface area contributed by atoms with Gasteiger partial charge >= 0.3 is 5.97 Å². The molecule has 0 bridgehead atoms. The van der Waals surface area contributed by atoms with Crippen molar-refractivity contribution in [3.8, 4) is 0 Å². The molecular weight excluding hydrogens is 364 g/mol. The number of aromatic nitrogens is 1. The fourth-order valence-electron chi connectivity index (χ4n) is 5.21. The van der Waals surface area contributed by atoms with Crippen molar-refractivity contribution < 1.29 is 14.3 Å². The number of nitrogens with zero attached hydrogens (tertiary/aromatic N) is 1. The smallest absolute Gasteiger partial charge is 0.337 e. The molecule has 0 spiro atoms. The highest BCUT2D eigenvalue weighted by atomic mass is 35.5. The molecule has 1 aromatic carbocycles. The van der Waals surface area contributed by atoms with Gasteiger partial charge in [0.15, 0.2) is 0 Å². The van der Waals surface area contributed by atoms with Crippen LogP contribution in [0.5, 0.6) is 0 Å². The number of halogens is 1. The van der Waals surface area contributed by atoms with Crippen LogP contribution in [0, 0.1) is 11.8 Å². The Morgan fingerprint density at radius 3 is 3.07 bits per heavy atom. The summed E-state index contributed by atoms with van der Waals surface area (Å²) in [4.78, 5) is 18.5. The number of piperidine rings is 1. The Balaban J connectivity index is 1.55. The minimum Gasteiger partial charge on any atom is -0.497 e.